The lowest BCUT2D eigenvalue weighted by atomic mass is 9.95. The normalized spacial score (nSPS) is 14.7. The van der Waals surface area contributed by atoms with Crippen molar-refractivity contribution >= 4 is 54.1 Å². The molecule has 0 atom stereocenters. The Labute approximate surface area is 537 Å². The van der Waals surface area contributed by atoms with Crippen LogP contribution in [0.1, 0.15) is 86.9 Å². The van der Waals surface area contributed by atoms with Crippen molar-refractivity contribution < 1.29 is 74.8 Å². The lowest BCUT2D eigenvalue weighted by molar-refractivity contribution is -0.121. The Balaban J connectivity index is 0.699. The van der Waals surface area contributed by atoms with E-state index < -0.39 is 9.84 Å². The standard InChI is InChI=1S/C63H103N9O16S2/c1-4-5-10-57-69-59-60(61-55(68-62(59)64)48-56(89-61)54-14-19-71(20-15-54)22-25-79-30-33-83-37-40-84-35-34-80-27-26-76-2)72(57)51-52-12-17-70(18-13-52)21-24-78-29-32-82-38-41-86-43-45-88-47-46-87-44-42-85-39-36-81-31-28-77-23-16-65-58(73)11-8-6-7-9-53-49-66-63(67-50-53)90(3,74)75/h48-50,52,54H,4-6,8,10-47,51H2,1-3H3,(H2,64,68)(H,65,73). The van der Waals surface area contributed by atoms with Gasteiger partial charge in [0, 0.05) is 76.1 Å². The molecular formula is C63H103N9O16S2. The van der Waals surface area contributed by atoms with Gasteiger partial charge in [-0.1, -0.05) is 25.2 Å². The van der Waals surface area contributed by atoms with Gasteiger partial charge in [-0.25, -0.2) is 28.4 Å². The summed E-state index contributed by atoms with van der Waals surface area (Å²) < 4.78 is 99.2. The molecule has 2 fully saturated rings. The minimum atomic E-state index is -3.45. The molecular weight excluding hydrogens is 1200 g/mol. The number of carbonyl (C=O) groups excluding carboxylic acids is 1. The molecule has 25 nitrogen and oxygen atoms in total. The van der Waals surface area contributed by atoms with E-state index in [0.29, 0.717) is 214 Å². The third-order valence-electron chi connectivity index (χ3n) is 15.1. The molecule has 0 saturated carbocycles. The Kier molecular flexibility index (Phi) is 38.3. The lowest BCUT2D eigenvalue weighted by Crippen LogP contribution is -2.37. The molecule has 0 spiro atoms. The number of aromatic nitrogens is 5. The number of aryl methyl sites for hydroxylation is 1. The van der Waals surface area contributed by atoms with Crippen LogP contribution in [-0.4, -0.2) is 273 Å². The van der Waals surface area contributed by atoms with E-state index in [1.807, 2.05) is 11.3 Å². The van der Waals surface area contributed by atoms with Gasteiger partial charge in [-0.3, -0.25) is 4.79 Å². The van der Waals surface area contributed by atoms with Crippen molar-refractivity contribution in [2.75, 3.05) is 230 Å². The minimum absolute atomic E-state index is 0.0769. The number of rotatable bonds is 52. The SMILES string of the molecule is CCCCc1nc2c(N)nc3cc(C4CCN(CCOCCOCCOCCOCCOC)CC4)sc3c2n1CC1CCN(CCOCCOCCOCCOCCOCCOCCOCCOCCNC(=O)CCCC#Cc2cnc(S(C)(=O)=O)nc2)CC1. The molecule has 6 rings (SSSR count). The third-order valence-corrected chi connectivity index (χ3v) is 17.3. The number of amides is 1. The Morgan fingerprint density at radius 2 is 1.11 bits per heavy atom. The number of hydrogen-bond acceptors (Lipinski definition) is 24. The molecule has 0 radical (unpaired) electrons. The van der Waals surface area contributed by atoms with Crippen LogP contribution in [-0.2, 0) is 89.2 Å². The zero-order valence-corrected chi connectivity index (χ0v) is 55.5. The molecule has 0 aromatic carbocycles. The molecule has 90 heavy (non-hydrogen) atoms. The van der Waals surface area contributed by atoms with E-state index in [1.165, 1.54) is 27.5 Å². The van der Waals surface area contributed by atoms with Crippen molar-refractivity contribution in [2.24, 2.45) is 5.92 Å². The monoisotopic (exact) mass is 1310 g/mol. The molecule has 2 aliphatic rings. The zero-order chi connectivity index (χ0) is 63.5. The van der Waals surface area contributed by atoms with Crippen molar-refractivity contribution in [1.29, 1.82) is 0 Å². The van der Waals surface area contributed by atoms with Crippen LogP contribution < -0.4 is 11.1 Å². The number of carbonyl (C=O) groups is 1. The number of nitrogens with one attached hydrogen (secondary N) is 1. The number of nitrogen functional groups attached to an aromatic ring is 1. The Morgan fingerprint density at radius 1 is 0.644 bits per heavy atom. The number of sulfone groups is 1. The first-order chi connectivity index (χ1) is 44.1. The fourth-order valence-corrected chi connectivity index (χ4v) is 11.9. The summed E-state index contributed by atoms with van der Waals surface area (Å²) in [4.78, 5) is 36.2. The second-order valence-electron chi connectivity index (χ2n) is 22.1. The van der Waals surface area contributed by atoms with Crippen molar-refractivity contribution in [2.45, 2.75) is 88.8 Å². The largest absolute Gasteiger partial charge is 0.382 e. The van der Waals surface area contributed by atoms with Crippen molar-refractivity contribution in [3.05, 3.63) is 34.7 Å². The molecule has 2 aliphatic heterocycles. The average Bonchev–Trinajstić information content (AvgIpc) is 1.60. The van der Waals surface area contributed by atoms with Gasteiger partial charge < -0.3 is 87.0 Å². The maximum atomic E-state index is 12.0. The molecule has 1 amide bonds. The molecule has 0 aliphatic carbocycles. The summed E-state index contributed by atoms with van der Waals surface area (Å²) in [6, 6.07) is 2.31. The Morgan fingerprint density at radius 3 is 1.59 bits per heavy atom. The van der Waals surface area contributed by atoms with E-state index >= 15 is 0 Å². The van der Waals surface area contributed by atoms with Crippen LogP contribution in [0.4, 0.5) is 5.82 Å². The highest BCUT2D eigenvalue weighted by Crippen LogP contribution is 2.41. The van der Waals surface area contributed by atoms with Gasteiger partial charge in [-0.05, 0) is 82.6 Å². The fourth-order valence-electron chi connectivity index (χ4n) is 10.1. The van der Waals surface area contributed by atoms with Gasteiger partial charge in [-0.15, -0.1) is 11.3 Å². The minimum Gasteiger partial charge on any atom is -0.382 e. The van der Waals surface area contributed by atoms with E-state index in [-0.39, 0.29) is 11.1 Å². The zero-order valence-electron chi connectivity index (χ0n) is 53.8. The molecule has 27 heteroatoms. The molecule has 4 aromatic heterocycles. The van der Waals surface area contributed by atoms with Crippen molar-refractivity contribution in [3.8, 4) is 11.8 Å². The summed E-state index contributed by atoms with van der Waals surface area (Å²) in [5.41, 5.74) is 10.3. The van der Waals surface area contributed by atoms with Gasteiger partial charge in [0.05, 0.1) is 186 Å². The smallest absolute Gasteiger partial charge is 0.246 e. The van der Waals surface area contributed by atoms with Crippen LogP contribution in [0.15, 0.2) is 23.6 Å². The molecule has 508 valence electrons. The number of imidazole rings is 1. The number of thiophene rings is 1. The number of nitrogens with zero attached hydrogens (tertiary/aromatic N) is 7. The van der Waals surface area contributed by atoms with Crippen LogP contribution in [0.5, 0.6) is 0 Å². The topological polar surface area (TPSA) is 272 Å². The number of fused-ring (bicyclic) bond motifs is 3. The highest BCUT2D eigenvalue weighted by atomic mass is 32.2. The highest BCUT2D eigenvalue weighted by Gasteiger charge is 2.27. The number of pyridine rings is 1. The second-order valence-corrected chi connectivity index (χ2v) is 25.1. The van der Waals surface area contributed by atoms with Gasteiger partial charge in [-0.2, -0.15) is 0 Å². The summed E-state index contributed by atoms with van der Waals surface area (Å²) in [5, 5.41) is 2.58. The lowest BCUT2D eigenvalue weighted by Gasteiger charge is -2.32. The van der Waals surface area contributed by atoms with Gasteiger partial charge in [0.2, 0.25) is 20.9 Å². The highest BCUT2D eigenvalue weighted by molar-refractivity contribution is 7.90. The van der Waals surface area contributed by atoms with Gasteiger partial charge >= 0.3 is 0 Å². The number of piperidine rings is 2. The van der Waals surface area contributed by atoms with Crippen LogP contribution in [0.25, 0.3) is 21.3 Å². The van der Waals surface area contributed by atoms with E-state index in [0.717, 1.165) is 114 Å². The first-order valence-electron chi connectivity index (χ1n) is 32.3. The van der Waals surface area contributed by atoms with Crippen LogP contribution in [0, 0.1) is 17.8 Å². The summed E-state index contributed by atoms with van der Waals surface area (Å²) in [5.74, 6) is 8.46. The Hall–Kier alpha value is -4.16. The molecule has 6 heterocycles. The van der Waals surface area contributed by atoms with Crippen LogP contribution in [0.2, 0.25) is 0 Å². The van der Waals surface area contributed by atoms with Crippen LogP contribution in [0.3, 0.4) is 0 Å². The van der Waals surface area contributed by atoms with E-state index in [4.69, 9.17) is 77.3 Å². The molecule has 3 N–H and O–H groups in total. The molecule has 0 bridgehead atoms. The number of methoxy groups -OCH3 is 1. The number of anilines is 1. The molecule has 2 saturated heterocycles. The summed E-state index contributed by atoms with van der Waals surface area (Å²) in [7, 11) is -1.79. The number of nitrogens with two attached hydrogens (primary N) is 1. The molecule has 0 unspecified atom stereocenters. The first-order valence-corrected chi connectivity index (χ1v) is 35.1. The fraction of sp³-hybridized carbons (Fsp3) is 0.762. The van der Waals surface area contributed by atoms with E-state index in [9.17, 15) is 13.2 Å². The number of unbranched alkanes of at least 4 members (excludes halogenated alkanes) is 2. The predicted molar refractivity (Wildman–Crippen MR) is 344 cm³/mol. The first kappa shape index (κ1) is 74.9. The predicted octanol–water partition coefficient (Wildman–Crippen LogP) is 4.84. The number of hydrogen-bond donors (Lipinski definition) is 2. The van der Waals surface area contributed by atoms with Crippen molar-refractivity contribution in [1.82, 2.24) is 39.6 Å². The molecule has 4 aromatic rings. The third kappa shape index (κ3) is 30.3. The van der Waals surface area contributed by atoms with Crippen LogP contribution >= 0.6 is 11.3 Å². The van der Waals surface area contributed by atoms with Gasteiger partial charge in [0.1, 0.15) is 11.3 Å². The summed E-state index contributed by atoms with van der Waals surface area (Å²) in [6.07, 6.45) is 12.9. The quantitative estimate of drug-likeness (QED) is 0.0340. The van der Waals surface area contributed by atoms with E-state index in [2.05, 4.69) is 54.5 Å². The Bertz CT molecular complexity index is 2720. The maximum Gasteiger partial charge on any atom is 0.246 e. The number of ether oxygens (including phenoxy) is 13. The van der Waals surface area contributed by atoms with E-state index in [1.54, 1.807) is 7.11 Å². The summed E-state index contributed by atoms with van der Waals surface area (Å²) >= 11 is 1.91. The number of likely N-dealkylation sites (tertiary alicyclic amines) is 2. The summed E-state index contributed by atoms with van der Waals surface area (Å²) in [6.45, 7) is 22.6. The average molecular weight is 1310 g/mol. The van der Waals surface area contributed by atoms with Gasteiger partial charge in [0.25, 0.3) is 0 Å². The van der Waals surface area contributed by atoms with Gasteiger partial charge in [0.15, 0.2) is 5.82 Å². The second kappa shape index (κ2) is 46.0. The maximum absolute atomic E-state index is 12.0. The van der Waals surface area contributed by atoms with Crippen molar-refractivity contribution in [3.63, 3.8) is 0 Å².